The van der Waals surface area contributed by atoms with Gasteiger partial charge < -0.3 is 10.1 Å². The van der Waals surface area contributed by atoms with Crippen LogP contribution in [0.2, 0.25) is 0 Å². The Hall–Kier alpha value is -0.120. The second kappa shape index (κ2) is 4.63. The van der Waals surface area contributed by atoms with Crippen molar-refractivity contribution in [1.29, 1.82) is 0 Å². The van der Waals surface area contributed by atoms with Crippen LogP contribution in [0.15, 0.2) is 0 Å². The highest BCUT2D eigenvalue weighted by Crippen LogP contribution is 2.29. The molecule has 0 saturated carbocycles. The lowest BCUT2D eigenvalue weighted by Gasteiger charge is -2.34. The minimum absolute atomic E-state index is 0.467. The predicted octanol–water partition coefficient (Wildman–Crippen LogP) is 1.24. The van der Waals surface area contributed by atoms with Gasteiger partial charge in [-0.2, -0.15) is 0 Å². The zero-order valence-electron chi connectivity index (χ0n) is 10.3. The maximum absolute atomic E-state index is 5.64. The molecule has 3 aliphatic heterocycles. The van der Waals surface area contributed by atoms with Crippen molar-refractivity contribution >= 4 is 0 Å². The van der Waals surface area contributed by atoms with Gasteiger partial charge in [0.1, 0.15) is 0 Å². The molecule has 1 N–H and O–H groups in total. The quantitative estimate of drug-likeness (QED) is 0.725. The summed E-state index contributed by atoms with van der Waals surface area (Å²) < 4.78 is 5.64. The molecule has 0 spiro atoms. The third-order valence-electron chi connectivity index (χ3n) is 4.60. The molecule has 0 aromatic carbocycles. The van der Waals surface area contributed by atoms with Crippen molar-refractivity contribution in [1.82, 2.24) is 10.2 Å². The number of nitrogens with zero attached hydrogens (tertiary/aromatic N) is 1. The second-order valence-corrected chi connectivity index (χ2v) is 5.78. The van der Waals surface area contributed by atoms with E-state index in [2.05, 4.69) is 17.1 Å². The van der Waals surface area contributed by atoms with Crippen molar-refractivity contribution in [3.05, 3.63) is 0 Å². The number of hydrogen-bond donors (Lipinski definition) is 1. The first-order chi connectivity index (χ1) is 7.83. The van der Waals surface area contributed by atoms with Crippen LogP contribution in [0.1, 0.15) is 32.6 Å². The van der Waals surface area contributed by atoms with Crippen LogP contribution in [0, 0.1) is 5.92 Å². The van der Waals surface area contributed by atoms with E-state index in [1.165, 1.54) is 45.3 Å². The van der Waals surface area contributed by atoms with E-state index in [9.17, 15) is 0 Å². The van der Waals surface area contributed by atoms with Crippen LogP contribution in [-0.2, 0) is 4.74 Å². The summed E-state index contributed by atoms with van der Waals surface area (Å²) in [6.45, 7) is 7.02. The molecule has 3 nitrogen and oxygen atoms in total. The molecule has 3 aliphatic rings. The Morgan fingerprint density at radius 1 is 1.25 bits per heavy atom. The van der Waals surface area contributed by atoms with E-state index in [0.29, 0.717) is 6.10 Å². The molecule has 0 amide bonds. The van der Waals surface area contributed by atoms with Gasteiger partial charge in [0.05, 0.1) is 6.10 Å². The van der Waals surface area contributed by atoms with Gasteiger partial charge >= 0.3 is 0 Å². The summed E-state index contributed by atoms with van der Waals surface area (Å²) >= 11 is 0. The summed E-state index contributed by atoms with van der Waals surface area (Å²) in [4.78, 5) is 2.73. The maximum atomic E-state index is 5.64. The molecule has 16 heavy (non-hydrogen) atoms. The van der Waals surface area contributed by atoms with Crippen molar-refractivity contribution in [2.75, 3.05) is 26.2 Å². The summed E-state index contributed by atoms with van der Waals surface area (Å²) in [5.74, 6) is 0.923. The molecule has 2 unspecified atom stereocenters. The minimum Gasteiger partial charge on any atom is -0.378 e. The van der Waals surface area contributed by atoms with E-state index < -0.39 is 0 Å². The van der Waals surface area contributed by atoms with Gasteiger partial charge in [0.25, 0.3) is 0 Å². The highest BCUT2D eigenvalue weighted by molar-refractivity contribution is 4.94. The molecule has 0 aromatic rings. The molecule has 3 fully saturated rings. The fourth-order valence-corrected chi connectivity index (χ4v) is 3.68. The van der Waals surface area contributed by atoms with E-state index in [0.717, 1.165) is 24.6 Å². The number of nitrogens with one attached hydrogen (secondary N) is 1. The van der Waals surface area contributed by atoms with E-state index in [-0.39, 0.29) is 0 Å². The molecule has 0 aromatic heterocycles. The SMILES string of the molecule is CC1CC(N2C[C@@H]3CCCN[C@@H]3C2)CCO1. The van der Waals surface area contributed by atoms with Crippen LogP contribution in [0.5, 0.6) is 0 Å². The summed E-state index contributed by atoms with van der Waals surface area (Å²) in [7, 11) is 0. The van der Waals surface area contributed by atoms with Crippen LogP contribution in [-0.4, -0.2) is 49.3 Å². The van der Waals surface area contributed by atoms with Crippen molar-refractivity contribution in [3.8, 4) is 0 Å². The average molecular weight is 224 g/mol. The van der Waals surface area contributed by atoms with Crippen LogP contribution in [0.3, 0.4) is 0 Å². The highest BCUT2D eigenvalue weighted by atomic mass is 16.5. The number of piperidine rings is 1. The Bertz CT molecular complexity index is 232. The molecular formula is C13H24N2O. The highest BCUT2D eigenvalue weighted by Gasteiger charge is 2.38. The number of likely N-dealkylation sites (tertiary alicyclic amines) is 1. The minimum atomic E-state index is 0.467. The van der Waals surface area contributed by atoms with Gasteiger partial charge in [-0.15, -0.1) is 0 Å². The standard InChI is InChI=1S/C13H24N2O/c1-10-7-12(4-6-16-10)15-8-11-3-2-5-14-13(11)9-15/h10-14H,2-9H2,1H3/t10?,11-,12?,13+/m0/s1. The summed E-state index contributed by atoms with van der Waals surface area (Å²) in [5.41, 5.74) is 0. The first kappa shape index (κ1) is 11.0. The molecule has 0 radical (unpaired) electrons. The third-order valence-corrected chi connectivity index (χ3v) is 4.60. The molecule has 3 heterocycles. The number of hydrogen-bond acceptors (Lipinski definition) is 3. The van der Waals surface area contributed by atoms with Crippen molar-refractivity contribution in [2.45, 2.75) is 50.8 Å². The largest absolute Gasteiger partial charge is 0.378 e. The molecule has 3 heteroatoms. The molecule has 3 rings (SSSR count). The summed E-state index contributed by atoms with van der Waals surface area (Å²) in [6.07, 6.45) is 5.75. The Kier molecular flexibility index (Phi) is 3.18. The lowest BCUT2D eigenvalue weighted by molar-refractivity contribution is -0.0131. The zero-order chi connectivity index (χ0) is 11.0. The summed E-state index contributed by atoms with van der Waals surface area (Å²) in [5, 5.41) is 3.69. The monoisotopic (exact) mass is 224 g/mol. The Balaban J connectivity index is 1.59. The number of rotatable bonds is 1. The zero-order valence-corrected chi connectivity index (χ0v) is 10.3. The van der Waals surface area contributed by atoms with Gasteiger partial charge in [0.15, 0.2) is 0 Å². The van der Waals surface area contributed by atoms with Crippen molar-refractivity contribution < 1.29 is 4.74 Å². The summed E-state index contributed by atoms with van der Waals surface area (Å²) in [6, 6.07) is 1.57. The van der Waals surface area contributed by atoms with Crippen molar-refractivity contribution in [2.24, 2.45) is 5.92 Å². The van der Waals surface area contributed by atoms with Crippen LogP contribution in [0.4, 0.5) is 0 Å². The van der Waals surface area contributed by atoms with Crippen LogP contribution >= 0.6 is 0 Å². The smallest absolute Gasteiger partial charge is 0.0561 e. The lowest BCUT2D eigenvalue weighted by atomic mass is 9.94. The van der Waals surface area contributed by atoms with Crippen molar-refractivity contribution in [3.63, 3.8) is 0 Å². The second-order valence-electron chi connectivity index (χ2n) is 5.78. The number of fused-ring (bicyclic) bond motifs is 1. The van der Waals surface area contributed by atoms with Gasteiger partial charge in [-0.1, -0.05) is 0 Å². The third kappa shape index (κ3) is 2.13. The topological polar surface area (TPSA) is 24.5 Å². The molecule has 0 bridgehead atoms. The van der Waals surface area contributed by atoms with Gasteiger partial charge in [0, 0.05) is 31.8 Å². The van der Waals surface area contributed by atoms with E-state index in [1.807, 2.05) is 0 Å². The van der Waals surface area contributed by atoms with Gasteiger partial charge in [-0.05, 0) is 45.1 Å². The number of ether oxygens (including phenoxy) is 1. The van der Waals surface area contributed by atoms with Gasteiger partial charge in [0.2, 0.25) is 0 Å². The Morgan fingerprint density at radius 2 is 2.19 bits per heavy atom. The molecule has 3 saturated heterocycles. The normalized spacial score (nSPS) is 45.6. The van der Waals surface area contributed by atoms with E-state index in [1.54, 1.807) is 0 Å². The molecule has 92 valence electrons. The van der Waals surface area contributed by atoms with E-state index >= 15 is 0 Å². The van der Waals surface area contributed by atoms with Gasteiger partial charge in [-0.25, -0.2) is 0 Å². The lowest BCUT2D eigenvalue weighted by Crippen LogP contribution is -2.43. The first-order valence-corrected chi connectivity index (χ1v) is 6.92. The fourth-order valence-electron chi connectivity index (χ4n) is 3.68. The molecule has 4 atom stereocenters. The molecule has 0 aliphatic carbocycles. The van der Waals surface area contributed by atoms with Gasteiger partial charge in [-0.3, -0.25) is 4.90 Å². The molecular weight excluding hydrogens is 200 g/mol. The van der Waals surface area contributed by atoms with Crippen LogP contribution in [0.25, 0.3) is 0 Å². The Morgan fingerprint density at radius 3 is 3.00 bits per heavy atom. The predicted molar refractivity (Wildman–Crippen MR) is 64.5 cm³/mol. The average Bonchev–Trinajstić information content (AvgIpc) is 2.72. The first-order valence-electron chi connectivity index (χ1n) is 6.92. The fraction of sp³-hybridized carbons (Fsp3) is 1.00. The maximum Gasteiger partial charge on any atom is 0.0561 e. The van der Waals surface area contributed by atoms with Crippen LogP contribution < -0.4 is 5.32 Å². The van der Waals surface area contributed by atoms with E-state index in [4.69, 9.17) is 4.74 Å². The Labute approximate surface area is 98.5 Å².